The average Bonchev–Trinajstić information content (AvgIpc) is 2.62. The van der Waals surface area contributed by atoms with E-state index in [9.17, 15) is 0 Å². The Morgan fingerprint density at radius 1 is 1.10 bits per heavy atom. The van der Waals surface area contributed by atoms with Crippen molar-refractivity contribution >= 4 is 38.9 Å². The molecule has 2 N–H and O–H groups in total. The standard InChI is InChI=1S/C16H23BrN2S/c1-11-9-13(17)10-12(2)15(11)19-16(20)18-14-7-5-3-4-6-8-14/h9-10,14H,3-8H2,1-2H3,(H2,18,19,20). The van der Waals surface area contributed by atoms with Crippen molar-refractivity contribution < 1.29 is 0 Å². The van der Waals surface area contributed by atoms with Crippen LogP contribution in [0.3, 0.4) is 0 Å². The molecule has 1 aliphatic rings. The summed E-state index contributed by atoms with van der Waals surface area (Å²) in [5, 5.41) is 7.61. The number of aryl methyl sites for hydroxylation is 2. The van der Waals surface area contributed by atoms with Crippen molar-refractivity contribution in [3.63, 3.8) is 0 Å². The minimum atomic E-state index is 0.536. The van der Waals surface area contributed by atoms with E-state index in [0.29, 0.717) is 6.04 Å². The van der Waals surface area contributed by atoms with E-state index in [0.717, 1.165) is 15.3 Å². The zero-order valence-electron chi connectivity index (χ0n) is 12.3. The molecular formula is C16H23BrN2S. The molecule has 0 spiro atoms. The highest BCUT2D eigenvalue weighted by Gasteiger charge is 2.14. The van der Waals surface area contributed by atoms with Gasteiger partial charge in [-0.1, -0.05) is 41.6 Å². The molecule has 1 aromatic rings. The molecule has 1 aliphatic carbocycles. The van der Waals surface area contributed by atoms with E-state index in [2.05, 4.69) is 52.5 Å². The van der Waals surface area contributed by atoms with Gasteiger partial charge in [0.05, 0.1) is 0 Å². The number of thiocarbonyl (C=S) groups is 1. The molecule has 0 amide bonds. The Morgan fingerprint density at radius 2 is 1.65 bits per heavy atom. The van der Waals surface area contributed by atoms with Crippen LogP contribution < -0.4 is 10.6 Å². The highest BCUT2D eigenvalue weighted by Crippen LogP contribution is 2.25. The highest BCUT2D eigenvalue weighted by atomic mass is 79.9. The Balaban J connectivity index is 1.97. The number of hydrogen-bond acceptors (Lipinski definition) is 1. The lowest BCUT2D eigenvalue weighted by atomic mass is 10.1. The van der Waals surface area contributed by atoms with Gasteiger partial charge in [-0.05, 0) is 62.2 Å². The summed E-state index contributed by atoms with van der Waals surface area (Å²) in [6.07, 6.45) is 7.83. The summed E-state index contributed by atoms with van der Waals surface area (Å²) in [5.74, 6) is 0. The normalized spacial score (nSPS) is 16.6. The van der Waals surface area contributed by atoms with Gasteiger partial charge in [0, 0.05) is 16.2 Å². The van der Waals surface area contributed by atoms with Crippen LogP contribution in [0, 0.1) is 13.8 Å². The third-order valence-corrected chi connectivity index (χ3v) is 4.60. The first-order valence-corrected chi connectivity index (χ1v) is 8.60. The summed E-state index contributed by atoms with van der Waals surface area (Å²) in [6, 6.07) is 4.77. The summed E-state index contributed by atoms with van der Waals surface area (Å²) in [4.78, 5) is 0. The lowest BCUT2D eigenvalue weighted by Gasteiger charge is -2.20. The van der Waals surface area contributed by atoms with Gasteiger partial charge in [0.25, 0.3) is 0 Å². The van der Waals surface area contributed by atoms with Gasteiger partial charge in [0.15, 0.2) is 5.11 Å². The van der Waals surface area contributed by atoms with E-state index in [4.69, 9.17) is 12.2 Å². The predicted octanol–water partition coefficient (Wildman–Crippen LogP) is 5.08. The van der Waals surface area contributed by atoms with Crippen LogP contribution >= 0.6 is 28.1 Å². The number of nitrogens with one attached hydrogen (secondary N) is 2. The molecule has 0 saturated heterocycles. The number of hydrogen-bond donors (Lipinski definition) is 2. The van der Waals surface area contributed by atoms with Crippen molar-refractivity contribution in [2.24, 2.45) is 0 Å². The SMILES string of the molecule is Cc1cc(Br)cc(C)c1NC(=S)NC1CCCCCC1. The molecule has 2 nitrogen and oxygen atoms in total. The van der Waals surface area contributed by atoms with Gasteiger partial charge in [-0.25, -0.2) is 0 Å². The van der Waals surface area contributed by atoms with Crippen LogP contribution in [0.4, 0.5) is 5.69 Å². The first-order valence-electron chi connectivity index (χ1n) is 7.40. The predicted molar refractivity (Wildman–Crippen MR) is 94.5 cm³/mol. The Labute approximate surface area is 135 Å². The maximum absolute atomic E-state index is 5.48. The first-order chi connectivity index (χ1) is 9.56. The summed E-state index contributed by atoms with van der Waals surface area (Å²) in [5.41, 5.74) is 3.54. The number of anilines is 1. The van der Waals surface area contributed by atoms with E-state index in [-0.39, 0.29) is 0 Å². The number of rotatable bonds is 2. The Hall–Kier alpha value is -0.610. The molecule has 1 fully saturated rings. The van der Waals surface area contributed by atoms with Crippen molar-refractivity contribution in [2.45, 2.75) is 58.4 Å². The van der Waals surface area contributed by atoms with Crippen molar-refractivity contribution in [2.75, 3.05) is 5.32 Å². The van der Waals surface area contributed by atoms with Crippen LogP contribution in [0.15, 0.2) is 16.6 Å². The molecule has 0 bridgehead atoms. The molecule has 110 valence electrons. The van der Waals surface area contributed by atoms with E-state index in [1.54, 1.807) is 0 Å². The third kappa shape index (κ3) is 4.45. The largest absolute Gasteiger partial charge is 0.360 e. The van der Waals surface area contributed by atoms with Crippen molar-refractivity contribution in [1.29, 1.82) is 0 Å². The maximum Gasteiger partial charge on any atom is 0.171 e. The fraction of sp³-hybridized carbons (Fsp3) is 0.562. The minimum absolute atomic E-state index is 0.536. The molecule has 0 atom stereocenters. The zero-order valence-corrected chi connectivity index (χ0v) is 14.7. The van der Waals surface area contributed by atoms with E-state index >= 15 is 0 Å². The second kappa shape index (κ2) is 7.41. The molecule has 20 heavy (non-hydrogen) atoms. The average molecular weight is 355 g/mol. The number of benzene rings is 1. The summed E-state index contributed by atoms with van der Waals surface area (Å²) >= 11 is 9.00. The van der Waals surface area contributed by atoms with Gasteiger partial charge in [0.2, 0.25) is 0 Å². The summed E-state index contributed by atoms with van der Waals surface area (Å²) in [6.45, 7) is 4.21. The molecule has 0 aromatic heterocycles. The molecule has 1 saturated carbocycles. The molecule has 1 aromatic carbocycles. The molecule has 0 unspecified atom stereocenters. The zero-order chi connectivity index (χ0) is 14.5. The maximum atomic E-state index is 5.48. The molecule has 0 heterocycles. The second-order valence-electron chi connectivity index (χ2n) is 5.70. The van der Waals surface area contributed by atoms with Crippen molar-refractivity contribution in [3.05, 3.63) is 27.7 Å². The quantitative estimate of drug-likeness (QED) is 0.572. The van der Waals surface area contributed by atoms with Crippen LogP contribution in [0.2, 0.25) is 0 Å². The van der Waals surface area contributed by atoms with Crippen molar-refractivity contribution in [1.82, 2.24) is 5.32 Å². The fourth-order valence-electron chi connectivity index (χ4n) is 2.87. The van der Waals surface area contributed by atoms with E-state index in [1.165, 1.54) is 49.7 Å². The molecule has 4 heteroatoms. The highest BCUT2D eigenvalue weighted by molar-refractivity contribution is 9.10. The van der Waals surface area contributed by atoms with Crippen LogP contribution in [0.1, 0.15) is 49.7 Å². The van der Waals surface area contributed by atoms with Gasteiger partial charge >= 0.3 is 0 Å². The lowest BCUT2D eigenvalue weighted by Crippen LogP contribution is -2.37. The molecule has 0 radical (unpaired) electrons. The number of halogens is 1. The lowest BCUT2D eigenvalue weighted by molar-refractivity contribution is 0.535. The first kappa shape index (κ1) is 15.8. The van der Waals surface area contributed by atoms with Crippen LogP contribution in [-0.2, 0) is 0 Å². The van der Waals surface area contributed by atoms with Crippen LogP contribution in [-0.4, -0.2) is 11.2 Å². The molecule has 0 aliphatic heterocycles. The molecule has 2 rings (SSSR count). The monoisotopic (exact) mass is 354 g/mol. The topological polar surface area (TPSA) is 24.1 Å². The fourth-order valence-corrected chi connectivity index (χ4v) is 3.82. The van der Waals surface area contributed by atoms with Gasteiger partial charge < -0.3 is 10.6 Å². The Kier molecular flexibility index (Phi) is 5.85. The van der Waals surface area contributed by atoms with Crippen LogP contribution in [0.25, 0.3) is 0 Å². The summed E-state index contributed by atoms with van der Waals surface area (Å²) in [7, 11) is 0. The van der Waals surface area contributed by atoms with Gasteiger partial charge in [-0.3, -0.25) is 0 Å². The van der Waals surface area contributed by atoms with Gasteiger partial charge in [0.1, 0.15) is 0 Å². The van der Waals surface area contributed by atoms with Crippen molar-refractivity contribution in [3.8, 4) is 0 Å². The Bertz CT molecular complexity index is 456. The van der Waals surface area contributed by atoms with E-state index < -0.39 is 0 Å². The van der Waals surface area contributed by atoms with Crippen LogP contribution in [0.5, 0.6) is 0 Å². The summed E-state index contributed by atoms with van der Waals surface area (Å²) < 4.78 is 1.11. The third-order valence-electron chi connectivity index (χ3n) is 3.93. The van der Waals surface area contributed by atoms with Gasteiger partial charge in [-0.15, -0.1) is 0 Å². The molecular weight excluding hydrogens is 332 g/mol. The van der Waals surface area contributed by atoms with Gasteiger partial charge in [-0.2, -0.15) is 0 Å². The van der Waals surface area contributed by atoms with E-state index in [1.807, 2.05) is 0 Å². The second-order valence-corrected chi connectivity index (χ2v) is 7.03. The minimum Gasteiger partial charge on any atom is -0.360 e. The Morgan fingerprint density at radius 3 is 2.20 bits per heavy atom. The smallest absolute Gasteiger partial charge is 0.171 e.